The van der Waals surface area contributed by atoms with Gasteiger partial charge in [0, 0.05) is 36.4 Å². The molecular weight excluding hydrogens is 366 g/mol. The summed E-state index contributed by atoms with van der Waals surface area (Å²) in [6.07, 6.45) is 3.07. The van der Waals surface area contributed by atoms with Gasteiger partial charge in [-0.2, -0.15) is 0 Å². The number of rotatable bonds is 0. The Kier molecular flexibility index (Phi) is 11.0. The molecule has 0 unspecified atom stereocenters. The van der Waals surface area contributed by atoms with Crippen molar-refractivity contribution in [1.29, 1.82) is 0 Å². The van der Waals surface area contributed by atoms with Gasteiger partial charge in [-0.1, -0.05) is 65.8 Å². The van der Waals surface area contributed by atoms with Crippen LogP contribution in [0.2, 0.25) is 0 Å². The van der Waals surface area contributed by atoms with Crippen LogP contribution in [0.5, 0.6) is 0 Å². The molecule has 0 amide bonds. The lowest BCUT2D eigenvalue weighted by molar-refractivity contribution is 1.31. The summed E-state index contributed by atoms with van der Waals surface area (Å²) in [7, 11) is 0. The summed E-state index contributed by atoms with van der Waals surface area (Å²) in [5.41, 5.74) is 11.1. The molecule has 0 fully saturated rings. The topological polar surface area (TPSA) is 37.1 Å². The minimum absolute atomic E-state index is 1.02. The van der Waals surface area contributed by atoms with Gasteiger partial charge in [0.15, 0.2) is 0 Å². The van der Waals surface area contributed by atoms with E-state index < -0.39 is 0 Å². The molecule has 0 saturated heterocycles. The lowest BCUT2D eigenvalue weighted by Crippen LogP contribution is -1.92. The Morgan fingerprint density at radius 1 is 0.500 bits per heavy atom. The number of nitrogens with zero attached hydrogens (tertiary/aromatic N) is 3. The summed E-state index contributed by atoms with van der Waals surface area (Å²) in [5.74, 6) is 0. The first-order valence-corrected chi connectivity index (χ1v) is 11.4. The SMILES string of the molecule is CC.CC.CC.CC1=Nc2cc3c(cc2C1)CC(C)=N3.CC1=Nc2ccccc2C1. The highest BCUT2D eigenvalue weighted by molar-refractivity contribution is 5.96. The Hall–Kier alpha value is -2.55. The van der Waals surface area contributed by atoms with Gasteiger partial charge in [-0.3, -0.25) is 15.0 Å². The van der Waals surface area contributed by atoms with Crippen molar-refractivity contribution in [3.8, 4) is 0 Å². The molecule has 3 nitrogen and oxygen atoms in total. The Bertz CT molecular complexity index is 876. The minimum atomic E-state index is 1.02. The number of hydrogen-bond acceptors (Lipinski definition) is 3. The molecule has 162 valence electrons. The zero-order valence-corrected chi connectivity index (χ0v) is 20.4. The molecule has 30 heavy (non-hydrogen) atoms. The van der Waals surface area contributed by atoms with Crippen LogP contribution < -0.4 is 0 Å². The van der Waals surface area contributed by atoms with E-state index in [0.29, 0.717) is 0 Å². The highest BCUT2D eigenvalue weighted by Crippen LogP contribution is 2.36. The van der Waals surface area contributed by atoms with Gasteiger partial charge in [0.25, 0.3) is 0 Å². The van der Waals surface area contributed by atoms with E-state index in [1.165, 1.54) is 33.8 Å². The highest BCUT2D eigenvalue weighted by Gasteiger charge is 2.18. The van der Waals surface area contributed by atoms with E-state index in [9.17, 15) is 0 Å². The summed E-state index contributed by atoms with van der Waals surface area (Å²) in [5, 5.41) is 0. The van der Waals surface area contributed by atoms with Crippen LogP contribution in [0.4, 0.5) is 17.1 Å². The molecule has 0 atom stereocenters. The van der Waals surface area contributed by atoms with Gasteiger partial charge < -0.3 is 0 Å². The Labute approximate surface area is 184 Å². The standard InChI is InChI=1S/C12H12N2.C9H9N.3C2H6/c1-7-3-9-5-10-4-8(2)14-12(10)6-11(9)13-7;1-7-6-8-4-2-3-5-9(8)10-7;3*1-2/h5-6H,3-4H2,1-2H3;2-5H,6H2,1H3;3*1-2H3. The molecule has 2 aromatic carbocycles. The van der Waals surface area contributed by atoms with E-state index in [2.05, 4.69) is 66.1 Å². The van der Waals surface area contributed by atoms with E-state index >= 15 is 0 Å². The third kappa shape index (κ3) is 6.48. The second-order valence-corrected chi connectivity index (χ2v) is 6.81. The second-order valence-electron chi connectivity index (χ2n) is 6.81. The molecule has 5 rings (SSSR count). The molecule has 0 aromatic heterocycles. The molecule has 3 heterocycles. The third-order valence-electron chi connectivity index (χ3n) is 4.54. The Balaban J connectivity index is 0.000000249. The van der Waals surface area contributed by atoms with Gasteiger partial charge in [0.05, 0.1) is 17.1 Å². The van der Waals surface area contributed by atoms with Gasteiger partial charge >= 0.3 is 0 Å². The summed E-state index contributed by atoms with van der Waals surface area (Å²) < 4.78 is 0. The van der Waals surface area contributed by atoms with E-state index in [1.807, 2.05) is 47.6 Å². The lowest BCUT2D eigenvalue weighted by Gasteiger charge is -2.01. The van der Waals surface area contributed by atoms with Gasteiger partial charge in [0.1, 0.15) is 0 Å². The van der Waals surface area contributed by atoms with Crippen LogP contribution in [0.15, 0.2) is 51.4 Å². The van der Waals surface area contributed by atoms with Crippen LogP contribution in [-0.2, 0) is 19.3 Å². The maximum atomic E-state index is 4.50. The molecule has 0 bridgehead atoms. The maximum absolute atomic E-state index is 4.50. The number of para-hydroxylation sites is 1. The largest absolute Gasteiger partial charge is 0.257 e. The van der Waals surface area contributed by atoms with E-state index in [0.717, 1.165) is 36.3 Å². The third-order valence-corrected chi connectivity index (χ3v) is 4.54. The monoisotopic (exact) mass is 405 g/mol. The predicted octanol–water partition coefficient (Wildman–Crippen LogP) is 8.40. The van der Waals surface area contributed by atoms with Crippen molar-refractivity contribution in [3.05, 3.63) is 53.1 Å². The average Bonchev–Trinajstić information content (AvgIpc) is 3.44. The Morgan fingerprint density at radius 2 is 0.900 bits per heavy atom. The summed E-state index contributed by atoms with van der Waals surface area (Å²) in [4.78, 5) is 13.4. The van der Waals surface area contributed by atoms with Crippen molar-refractivity contribution in [2.45, 2.75) is 81.6 Å². The van der Waals surface area contributed by atoms with Crippen molar-refractivity contribution in [1.82, 2.24) is 0 Å². The van der Waals surface area contributed by atoms with Crippen LogP contribution in [0.1, 0.15) is 79.0 Å². The fourth-order valence-corrected chi connectivity index (χ4v) is 3.50. The quantitative estimate of drug-likeness (QED) is 0.422. The van der Waals surface area contributed by atoms with E-state index in [4.69, 9.17) is 0 Å². The predicted molar refractivity (Wildman–Crippen MR) is 136 cm³/mol. The van der Waals surface area contributed by atoms with Crippen LogP contribution in [0, 0.1) is 0 Å². The van der Waals surface area contributed by atoms with Gasteiger partial charge in [-0.15, -0.1) is 0 Å². The van der Waals surface area contributed by atoms with Crippen LogP contribution in [0.25, 0.3) is 0 Å². The lowest BCUT2D eigenvalue weighted by atomic mass is 10.0. The maximum Gasteiger partial charge on any atom is 0.0686 e. The first kappa shape index (κ1) is 25.5. The van der Waals surface area contributed by atoms with Gasteiger partial charge in [-0.25, -0.2) is 0 Å². The number of benzene rings is 2. The fourth-order valence-electron chi connectivity index (χ4n) is 3.50. The molecule has 3 aliphatic rings. The second kappa shape index (κ2) is 12.9. The van der Waals surface area contributed by atoms with Crippen molar-refractivity contribution >= 4 is 34.2 Å². The van der Waals surface area contributed by atoms with Crippen molar-refractivity contribution in [2.75, 3.05) is 0 Å². The first-order valence-electron chi connectivity index (χ1n) is 11.4. The van der Waals surface area contributed by atoms with Gasteiger partial charge in [-0.05, 0) is 49.6 Å². The fraction of sp³-hybridized carbons (Fsp3) is 0.444. The summed E-state index contributed by atoms with van der Waals surface area (Å²) in [6.45, 7) is 18.2. The minimum Gasteiger partial charge on any atom is -0.257 e. The van der Waals surface area contributed by atoms with Gasteiger partial charge in [0.2, 0.25) is 0 Å². The molecule has 0 spiro atoms. The molecule has 0 aliphatic carbocycles. The van der Waals surface area contributed by atoms with Crippen molar-refractivity contribution in [3.63, 3.8) is 0 Å². The molecule has 0 saturated carbocycles. The van der Waals surface area contributed by atoms with Crippen molar-refractivity contribution < 1.29 is 0 Å². The molecule has 0 radical (unpaired) electrons. The molecular formula is C27H39N3. The molecule has 3 heteroatoms. The molecule has 0 N–H and O–H groups in total. The smallest absolute Gasteiger partial charge is 0.0686 e. The van der Waals surface area contributed by atoms with Crippen LogP contribution >= 0.6 is 0 Å². The summed E-state index contributed by atoms with van der Waals surface area (Å²) >= 11 is 0. The average molecular weight is 406 g/mol. The van der Waals surface area contributed by atoms with E-state index in [1.54, 1.807) is 0 Å². The number of aliphatic imine (C=N–C) groups is 3. The summed E-state index contributed by atoms with van der Waals surface area (Å²) in [6, 6.07) is 12.7. The van der Waals surface area contributed by atoms with Crippen LogP contribution in [-0.4, -0.2) is 17.1 Å². The number of hydrogen-bond donors (Lipinski definition) is 0. The zero-order chi connectivity index (χ0) is 22.7. The Morgan fingerprint density at radius 3 is 1.37 bits per heavy atom. The molecule has 3 aliphatic heterocycles. The van der Waals surface area contributed by atoms with Crippen LogP contribution in [0.3, 0.4) is 0 Å². The first-order chi connectivity index (χ1) is 14.6. The van der Waals surface area contributed by atoms with E-state index in [-0.39, 0.29) is 0 Å². The highest BCUT2D eigenvalue weighted by atomic mass is 14.8. The normalized spacial score (nSPS) is 13.7. The molecule has 2 aromatic rings. The van der Waals surface area contributed by atoms with Crippen molar-refractivity contribution in [2.24, 2.45) is 15.0 Å². The number of fused-ring (bicyclic) bond motifs is 3. The zero-order valence-electron chi connectivity index (χ0n) is 20.4.